The van der Waals surface area contributed by atoms with E-state index >= 15 is 0 Å². The van der Waals surface area contributed by atoms with E-state index in [1.54, 1.807) is 12.1 Å². The number of carbonyl (C=O) groups excluding carboxylic acids is 1. The SMILES string of the molecule is Cc1c(C(=O)NCC[NH+](C)C)cc(-c2ccccc2)n1-c1ccc(F)cc1. The summed E-state index contributed by atoms with van der Waals surface area (Å²) >= 11 is 0. The predicted molar refractivity (Wildman–Crippen MR) is 106 cm³/mol. The summed E-state index contributed by atoms with van der Waals surface area (Å²) in [6.07, 6.45) is 0. The first kappa shape index (κ1) is 18.9. The lowest BCUT2D eigenvalue weighted by Crippen LogP contribution is -3.06. The van der Waals surface area contributed by atoms with E-state index < -0.39 is 0 Å². The van der Waals surface area contributed by atoms with Gasteiger partial charge in [0.25, 0.3) is 5.91 Å². The summed E-state index contributed by atoms with van der Waals surface area (Å²) in [6, 6.07) is 18.1. The zero-order valence-electron chi connectivity index (χ0n) is 15.9. The fraction of sp³-hybridized carbons (Fsp3) is 0.227. The van der Waals surface area contributed by atoms with Crippen molar-refractivity contribution in [1.29, 1.82) is 0 Å². The minimum absolute atomic E-state index is 0.0909. The van der Waals surface area contributed by atoms with E-state index in [4.69, 9.17) is 0 Å². The lowest BCUT2D eigenvalue weighted by Gasteiger charge is -2.12. The van der Waals surface area contributed by atoms with E-state index in [2.05, 4.69) is 19.4 Å². The molecule has 4 nitrogen and oxygen atoms in total. The van der Waals surface area contributed by atoms with Gasteiger partial charge in [-0.2, -0.15) is 0 Å². The van der Waals surface area contributed by atoms with Gasteiger partial charge in [0.05, 0.1) is 38.4 Å². The number of benzene rings is 2. The van der Waals surface area contributed by atoms with Crippen LogP contribution in [0.1, 0.15) is 16.1 Å². The highest BCUT2D eigenvalue weighted by Gasteiger charge is 2.19. The Labute approximate surface area is 159 Å². The van der Waals surface area contributed by atoms with Crippen LogP contribution in [0.2, 0.25) is 0 Å². The number of rotatable bonds is 6. The average Bonchev–Trinajstić information content (AvgIpc) is 3.00. The molecule has 140 valence electrons. The summed E-state index contributed by atoms with van der Waals surface area (Å²) in [5.41, 5.74) is 4.19. The van der Waals surface area contributed by atoms with Crippen molar-refractivity contribution in [2.75, 3.05) is 27.2 Å². The van der Waals surface area contributed by atoms with Gasteiger partial charge in [-0.3, -0.25) is 4.79 Å². The molecular weight excluding hydrogens is 341 g/mol. The molecule has 0 saturated heterocycles. The molecule has 0 radical (unpaired) electrons. The smallest absolute Gasteiger partial charge is 0.253 e. The summed E-state index contributed by atoms with van der Waals surface area (Å²) in [7, 11) is 4.10. The molecule has 2 aromatic carbocycles. The minimum Gasteiger partial charge on any atom is -0.346 e. The summed E-state index contributed by atoms with van der Waals surface area (Å²) in [5, 5.41) is 2.99. The van der Waals surface area contributed by atoms with Gasteiger partial charge in [-0.05, 0) is 42.8 Å². The molecule has 5 heteroatoms. The number of quaternary nitrogens is 1. The third kappa shape index (κ3) is 4.26. The van der Waals surface area contributed by atoms with Crippen LogP contribution >= 0.6 is 0 Å². The van der Waals surface area contributed by atoms with Crippen molar-refractivity contribution in [3.05, 3.63) is 77.7 Å². The van der Waals surface area contributed by atoms with Crippen LogP contribution in [0.15, 0.2) is 60.7 Å². The maximum absolute atomic E-state index is 13.4. The Bertz CT molecular complexity index is 915. The lowest BCUT2D eigenvalue weighted by atomic mass is 10.1. The number of hydrogen-bond acceptors (Lipinski definition) is 1. The maximum Gasteiger partial charge on any atom is 0.253 e. The Kier molecular flexibility index (Phi) is 5.72. The van der Waals surface area contributed by atoms with Gasteiger partial charge in [0, 0.05) is 11.4 Å². The van der Waals surface area contributed by atoms with Crippen molar-refractivity contribution < 1.29 is 14.1 Å². The van der Waals surface area contributed by atoms with Gasteiger partial charge in [-0.25, -0.2) is 4.39 Å². The normalized spacial score (nSPS) is 11.0. The molecule has 0 bridgehead atoms. The van der Waals surface area contributed by atoms with Crippen LogP contribution < -0.4 is 10.2 Å². The van der Waals surface area contributed by atoms with Crippen LogP contribution in [0.3, 0.4) is 0 Å². The predicted octanol–water partition coefficient (Wildman–Crippen LogP) is 2.47. The number of hydrogen-bond donors (Lipinski definition) is 2. The van der Waals surface area contributed by atoms with Crippen molar-refractivity contribution in [3.8, 4) is 16.9 Å². The second-order valence-corrected chi connectivity index (χ2v) is 6.92. The zero-order chi connectivity index (χ0) is 19.4. The molecule has 0 spiro atoms. The quantitative estimate of drug-likeness (QED) is 0.691. The van der Waals surface area contributed by atoms with Crippen LogP contribution in [0.5, 0.6) is 0 Å². The maximum atomic E-state index is 13.4. The largest absolute Gasteiger partial charge is 0.346 e. The third-order valence-electron chi connectivity index (χ3n) is 4.56. The third-order valence-corrected chi connectivity index (χ3v) is 4.56. The first-order valence-corrected chi connectivity index (χ1v) is 9.08. The molecule has 1 heterocycles. The second kappa shape index (κ2) is 8.18. The molecule has 0 fully saturated rings. The number of aromatic nitrogens is 1. The Morgan fingerprint density at radius 1 is 1.07 bits per heavy atom. The molecule has 0 unspecified atom stereocenters. The summed E-state index contributed by atoms with van der Waals surface area (Å²) in [6.45, 7) is 3.39. The van der Waals surface area contributed by atoms with Crippen molar-refractivity contribution in [2.24, 2.45) is 0 Å². The van der Waals surface area contributed by atoms with Crippen LogP contribution in [0.25, 0.3) is 16.9 Å². The highest BCUT2D eigenvalue weighted by molar-refractivity contribution is 5.97. The number of likely N-dealkylation sites (N-methyl/N-ethyl adjacent to an activating group) is 1. The molecule has 3 aromatic rings. The Hall–Kier alpha value is -2.92. The monoisotopic (exact) mass is 366 g/mol. The first-order valence-electron chi connectivity index (χ1n) is 9.08. The standard InChI is InChI=1S/C22H24FN3O/c1-16-20(22(27)24-13-14-25(2)3)15-21(17-7-5-4-6-8-17)26(16)19-11-9-18(23)10-12-19/h4-12,15H,13-14H2,1-3H3,(H,24,27)/p+1. The lowest BCUT2D eigenvalue weighted by molar-refractivity contribution is -0.856. The molecule has 1 amide bonds. The van der Waals surface area contributed by atoms with Gasteiger partial charge in [-0.15, -0.1) is 0 Å². The fourth-order valence-electron chi connectivity index (χ4n) is 3.10. The van der Waals surface area contributed by atoms with E-state index in [1.165, 1.54) is 17.0 Å². The molecule has 2 N–H and O–H groups in total. The molecule has 0 aliphatic carbocycles. The number of nitrogens with one attached hydrogen (secondary N) is 2. The fourth-order valence-corrected chi connectivity index (χ4v) is 3.10. The number of nitrogens with zero attached hydrogens (tertiary/aromatic N) is 1. The zero-order valence-corrected chi connectivity index (χ0v) is 15.9. The number of amides is 1. The van der Waals surface area contributed by atoms with Gasteiger partial charge >= 0.3 is 0 Å². The second-order valence-electron chi connectivity index (χ2n) is 6.92. The van der Waals surface area contributed by atoms with E-state index in [9.17, 15) is 9.18 Å². The van der Waals surface area contributed by atoms with Gasteiger partial charge < -0.3 is 14.8 Å². The number of carbonyl (C=O) groups is 1. The highest BCUT2D eigenvalue weighted by Crippen LogP contribution is 2.29. The number of halogens is 1. The Morgan fingerprint density at radius 2 is 1.74 bits per heavy atom. The van der Waals surface area contributed by atoms with E-state index in [-0.39, 0.29) is 11.7 Å². The molecule has 1 aromatic heterocycles. The molecule has 0 aliphatic rings. The van der Waals surface area contributed by atoms with Gasteiger partial charge in [0.1, 0.15) is 5.82 Å². The van der Waals surface area contributed by atoms with Crippen molar-refractivity contribution in [3.63, 3.8) is 0 Å². The average molecular weight is 366 g/mol. The summed E-state index contributed by atoms with van der Waals surface area (Å²) in [4.78, 5) is 14.0. The topological polar surface area (TPSA) is 38.5 Å². The van der Waals surface area contributed by atoms with Crippen LogP contribution in [-0.2, 0) is 0 Å². The molecule has 0 aliphatic heterocycles. The van der Waals surface area contributed by atoms with Crippen LogP contribution in [0.4, 0.5) is 4.39 Å². The summed E-state index contributed by atoms with van der Waals surface area (Å²) in [5.74, 6) is -0.374. The van der Waals surface area contributed by atoms with Crippen molar-refractivity contribution in [2.45, 2.75) is 6.92 Å². The Balaban J connectivity index is 2.04. The minimum atomic E-state index is -0.283. The first-order chi connectivity index (χ1) is 13.0. The Morgan fingerprint density at radius 3 is 2.37 bits per heavy atom. The highest BCUT2D eigenvalue weighted by atomic mass is 19.1. The van der Waals surface area contributed by atoms with Crippen LogP contribution in [-0.4, -0.2) is 37.7 Å². The molecule has 0 atom stereocenters. The van der Waals surface area contributed by atoms with E-state index in [0.717, 1.165) is 29.2 Å². The molecule has 27 heavy (non-hydrogen) atoms. The summed E-state index contributed by atoms with van der Waals surface area (Å²) < 4.78 is 15.4. The molecule has 0 saturated carbocycles. The van der Waals surface area contributed by atoms with Crippen LogP contribution in [0, 0.1) is 12.7 Å². The molecular formula is C22H25FN3O+. The van der Waals surface area contributed by atoms with Crippen molar-refractivity contribution >= 4 is 5.91 Å². The molecule has 3 rings (SSSR count). The van der Waals surface area contributed by atoms with E-state index in [1.807, 2.05) is 47.9 Å². The van der Waals surface area contributed by atoms with Gasteiger partial charge in [-0.1, -0.05) is 30.3 Å². The van der Waals surface area contributed by atoms with Crippen molar-refractivity contribution in [1.82, 2.24) is 9.88 Å². The van der Waals surface area contributed by atoms with Gasteiger partial charge in [0.15, 0.2) is 0 Å². The van der Waals surface area contributed by atoms with Gasteiger partial charge in [0.2, 0.25) is 0 Å². The van der Waals surface area contributed by atoms with E-state index in [0.29, 0.717) is 12.1 Å².